The van der Waals surface area contributed by atoms with Crippen molar-refractivity contribution in [2.45, 2.75) is 10.1 Å². The molecule has 4 aromatic rings. The monoisotopic (exact) mass is 511 g/mol. The highest BCUT2D eigenvalue weighted by atomic mass is 32.2. The lowest BCUT2D eigenvalue weighted by molar-refractivity contribution is -0.115. The van der Waals surface area contributed by atoms with Crippen LogP contribution in [0.15, 0.2) is 108 Å². The number of rotatable bonds is 9. The molecule has 0 aromatic heterocycles. The zero-order valence-corrected chi connectivity index (χ0v) is 20.8. The van der Waals surface area contributed by atoms with E-state index in [4.69, 9.17) is 10.5 Å². The smallest absolute Gasteiger partial charge is 0.255 e. The van der Waals surface area contributed by atoms with E-state index in [1.54, 1.807) is 67.8 Å². The summed E-state index contributed by atoms with van der Waals surface area (Å²) in [6.07, 6.45) is 0. The van der Waals surface area contributed by atoms with Gasteiger partial charge in [0.2, 0.25) is 11.8 Å². The van der Waals surface area contributed by atoms with Crippen molar-refractivity contribution in [1.29, 1.82) is 0 Å². The highest BCUT2D eigenvalue weighted by molar-refractivity contribution is 8.00. The SMILES string of the molecule is COc1cccc(C(=O)Nc2ccc(SC(C(=O)Nc3ccc(C(N)=O)cc3)c3ccccc3)cc2)c1. The molecular formula is C29H25N3O4S. The molecule has 4 aromatic carbocycles. The second-order valence-electron chi connectivity index (χ2n) is 8.05. The summed E-state index contributed by atoms with van der Waals surface area (Å²) >= 11 is 1.39. The molecule has 8 heteroatoms. The number of nitrogens with one attached hydrogen (secondary N) is 2. The molecule has 0 fully saturated rings. The first-order valence-corrected chi connectivity index (χ1v) is 12.3. The third kappa shape index (κ3) is 6.77. The number of ether oxygens (including phenoxy) is 1. The van der Waals surface area contributed by atoms with E-state index in [1.807, 2.05) is 42.5 Å². The van der Waals surface area contributed by atoms with Crippen LogP contribution < -0.4 is 21.1 Å². The lowest BCUT2D eigenvalue weighted by Gasteiger charge is -2.17. The Balaban J connectivity index is 1.47. The number of anilines is 2. The Morgan fingerprint density at radius 3 is 2.05 bits per heavy atom. The van der Waals surface area contributed by atoms with Gasteiger partial charge in [-0.25, -0.2) is 0 Å². The number of thioether (sulfide) groups is 1. The van der Waals surface area contributed by atoms with E-state index >= 15 is 0 Å². The first-order valence-electron chi connectivity index (χ1n) is 11.4. The molecule has 0 saturated carbocycles. The van der Waals surface area contributed by atoms with Crippen molar-refractivity contribution >= 4 is 40.9 Å². The van der Waals surface area contributed by atoms with Gasteiger partial charge < -0.3 is 21.1 Å². The van der Waals surface area contributed by atoms with Crippen molar-refractivity contribution in [3.05, 3.63) is 120 Å². The van der Waals surface area contributed by atoms with Crippen LogP contribution in [0.1, 0.15) is 31.5 Å². The fourth-order valence-electron chi connectivity index (χ4n) is 3.55. The minimum Gasteiger partial charge on any atom is -0.497 e. The van der Waals surface area contributed by atoms with Gasteiger partial charge in [-0.05, 0) is 72.3 Å². The lowest BCUT2D eigenvalue weighted by Crippen LogP contribution is -2.19. The number of benzene rings is 4. The van der Waals surface area contributed by atoms with Crippen molar-refractivity contribution in [3.63, 3.8) is 0 Å². The normalized spacial score (nSPS) is 11.3. The molecule has 0 radical (unpaired) electrons. The van der Waals surface area contributed by atoms with Gasteiger partial charge in [-0.2, -0.15) is 0 Å². The highest BCUT2D eigenvalue weighted by Crippen LogP contribution is 2.36. The number of primary amides is 1. The zero-order valence-electron chi connectivity index (χ0n) is 20.0. The first-order chi connectivity index (χ1) is 17.9. The largest absolute Gasteiger partial charge is 0.497 e. The van der Waals surface area contributed by atoms with Crippen LogP contribution >= 0.6 is 11.8 Å². The van der Waals surface area contributed by atoms with Gasteiger partial charge in [-0.1, -0.05) is 36.4 Å². The number of carbonyl (C=O) groups excluding carboxylic acids is 3. The molecule has 0 bridgehead atoms. The number of methoxy groups -OCH3 is 1. The molecule has 37 heavy (non-hydrogen) atoms. The molecule has 3 amide bonds. The standard InChI is InChI=1S/C29H25N3O4S/c1-36-24-9-5-8-21(18-24)28(34)31-23-14-16-25(17-15-23)37-26(19-6-3-2-4-7-19)29(35)32-22-12-10-20(11-13-22)27(30)33/h2-18,26H,1H3,(H2,30,33)(H,31,34)(H,32,35). The van der Waals surface area contributed by atoms with E-state index in [2.05, 4.69) is 10.6 Å². The van der Waals surface area contributed by atoms with E-state index in [0.29, 0.717) is 28.3 Å². The Bertz CT molecular complexity index is 1390. The fourth-order valence-corrected chi connectivity index (χ4v) is 4.57. The predicted molar refractivity (Wildman–Crippen MR) is 146 cm³/mol. The predicted octanol–water partition coefficient (Wildman–Crippen LogP) is 5.52. The van der Waals surface area contributed by atoms with Crippen molar-refractivity contribution in [3.8, 4) is 5.75 Å². The van der Waals surface area contributed by atoms with E-state index in [9.17, 15) is 14.4 Å². The van der Waals surface area contributed by atoms with Crippen molar-refractivity contribution in [1.82, 2.24) is 0 Å². The van der Waals surface area contributed by atoms with E-state index in [1.165, 1.54) is 11.8 Å². The summed E-state index contributed by atoms with van der Waals surface area (Å²) in [5.41, 5.74) is 8.19. The highest BCUT2D eigenvalue weighted by Gasteiger charge is 2.22. The van der Waals surface area contributed by atoms with Crippen LogP contribution in [0.3, 0.4) is 0 Å². The van der Waals surface area contributed by atoms with Gasteiger partial charge in [0.05, 0.1) is 7.11 Å². The summed E-state index contributed by atoms with van der Waals surface area (Å²) in [5, 5.41) is 5.25. The zero-order chi connectivity index (χ0) is 26.2. The Kier molecular flexibility index (Phi) is 8.22. The number of nitrogens with two attached hydrogens (primary N) is 1. The van der Waals surface area contributed by atoms with Gasteiger partial charge in [-0.15, -0.1) is 11.8 Å². The maximum atomic E-state index is 13.3. The van der Waals surface area contributed by atoms with Gasteiger partial charge in [0.25, 0.3) is 5.91 Å². The second kappa shape index (κ2) is 11.9. The summed E-state index contributed by atoms with van der Waals surface area (Å²) in [7, 11) is 1.55. The summed E-state index contributed by atoms with van der Waals surface area (Å²) in [5.74, 6) is -0.381. The molecule has 0 heterocycles. The van der Waals surface area contributed by atoms with Crippen LogP contribution in [-0.4, -0.2) is 24.8 Å². The summed E-state index contributed by atoms with van der Waals surface area (Å²) in [6.45, 7) is 0. The van der Waals surface area contributed by atoms with Gasteiger partial charge >= 0.3 is 0 Å². The lowest BCUT2D eigenvalue weighted by atomic mass is 10.1. The molecule has 0 aliphatic heterocycles. The van der Waals surface area contributed by atoms with Gasteiger partial charge in [0, 0.05) is 27.4 Å². The minimum absolute atomic E-state index is 0.210. The number of carbonyl (C=O) groups is 3. The first kappa shape index (κ1) is 25.5. The molecule has 0 spiro atoms. The quantitative estimate of drug-likeness (QED) is 0.256. The summed E-state index contributed by atoms with van der Waals surface area (Å²) in [6, 6.07) is 30.1. The second-order valence-corrected chi connectivity index (χ2v) is 9.23. The van der Waals surface area contributed by atoms with Gasteiger partial charge in [0.15, 0.2) is 0 Å². The Labute approximate surface area is 219 Å². The summed E-state index contributed by atoms with van der Waals surface area (Å²) in [4.78, 5) is 38.0. The van der Waals surface area contributed by atoms with Crippen LogP contribution in [0, 0.1) is 0 Å². The molecule has 1 unspecified atom stereocenters. The maximum Gasteiger partial charge on any atom is 0.255 e. The third-order valence-corrected chi connectivity index (χ3v) is 6.74. The van der Waals surface area contributed by atoms with E-state index in [-0.39, 0.29) is 11.8 Å². The Hall–Kier alpha value is -4.56. The van der Waals surface area contributed by atoms with Crippen molar-refractivity contribution < 1.29 is 19.1 Å². The molecule has 0 aliphatic rings. The Morgan fingerprint density at radius 1 is 0.757 bits per heavy atom. The van der Waals surface area contributed by atoms with Crippen molar-refractivity contribution in [2.75, 3.05) is 17.7 Å². The number of hydrogen-bond acceptors (Lipinski definition) is 5. The van der Waals surface area contributed by atoms with Crippen LogP contribution in [0.4, 0.5) is 11.4 Å². The van der Waals surface area contributed by atoms with Crippen LogP contribution in [0.5, 0.6) is 5.75 Å². The van der Waals surface area contributed by atoms with Crippen LogP contribution in [-0.2, 0) is 4.79 Å². The van der Waals surface area contributed by atoms with Crippen molar-refractivity contribution in [2.24, 2.45) is 5.73 Å². The van der Waals surface area contributed by atoms with Gasteiger partial charge in [0.1, 0.15) is 11.0 Å². The minimum atomic E-state index is -0.533. The molecule has 7 nitrogen and oxygen atoms in total. The fraction of sp³-hybridized carbons (Fsp3) is 0.0690. The molecule has 1 atom stereocenters. The molecule has 0 aliphatic carbocycles. The van der Waals surface area contributed by atoms with Crippen LogP contribution in [0.25, 0.3) is 0 Å². The average molecular weight is 512 g/mol. The molecule has 0 saturated heterocycles. The van der Waals surface area contributed by atoms with Crippen LogP contribution in [0.2, 0.25) is 0 Å². The van der Waals surface area contributed by atoms with E-state index < -0.39 is 11.2 Å². The number of hydrogen-bond donors (Lipinski definition) is 3. The third-order valence-electron chi connectivity index (χ3n) is 5.48. The molecular weight excluding hydrogens is 486 g/mol. The summed E-state index contributed by atoms with van der Waals surface area (Å²) < 4.78 is 5.18. The topological polar surface area (TPSA) is 111 Å². The average Bonchev–Trinajstić information content (AvgIpc) is 2.93. The van der Waals surface area contributed by atoms with E-state index in [0.717, 1.165) is 10.5 Å². The maximum absolute atomic E-state index is 13.3. The number of amides is 3. The Morgan fingerprint density at radius 2 is 1.41 bits per heavy atom. The van der Waals surface area contributed by atoms with Gasteiger partial charge in [-0.3, -0.25) is 14.4 Å². The molecule has 186 valence electrons. The molecule has 4 N–H and O–H groups in total. The molecule has 4 rings (SSSR count).